The van der Waals surface area contributed by atoms with Gasteiger partial charge < -0.3 is 15.0 Å². The van der Waals surface area contributed by atoms with Crippen LogP contribution in [0.5, 0.6) is 5.75 Å². The van der Waals surface area contributed by atoms with Crippen LogP contribution in [0, 0.1) is 0 Å². The number of carbonyl (C=O) groups excluding carboxylic acids is 1. The lowest BCUT2D eigenvalue weighted by atomic mass is 10.0. The summed E-state index contributed by atoms with van der Waals surface area (Å²) in [6, 6.07) is 4.36. The molecule has 1 N–H and O–H groups in total. The molecule has 0 radical (unpaired) electrons. The summed E-state index contributed by atoms with van der Waals surface area (Å²) in [6.45, 7) is 6.62. The number of ether oxygens (including phenoxy) is 1. The lowest BCUT2D eigenvalue weighted by molar-refractivity contribution is -0.122. The molecular formula is C18H26N6O2. The zero-order valence-corrected chi connectivity index (χ0v) is 15.6. The van der Waals surface area contributed by atoms with Gasteiger partial charge in [0.25, 0.3) is 0 Å². The van der Waals surface area contributed by atoms with Crippen molar-refractivity contribution in [2.24, 2.45) is 0 Å². The Balaban J connectivity index is 1.53. The van der Waals surface area contributed by atoms with E-state index in [0.29, 0.717) is 23.2 Å². The van der Waals surface area contributed by atoms with Gasteiger partial charge in [0.05, 0.1) is 19.0 Å². The van der Waals surface area contributed by atoms with Crippen molar-refractivity contribution in [2.45, 2.75) is 45.3 Å². The quantitative estimate of drug-likeness (QED) is 0.839. The van der Waals surface area contributed by atoms with Crippen LogP contribution in [0.4, 0.5) is 0 Å². The van der Waals surface area contributed by atoms with Gasteiger partial charge in [-0.3, -0.25) is 9.78 Å². The highest BCUT2D eigenvalue weighted by atomic mass is 16.5. The fourth-order valence-electron chi connectivity index (χ4n) is 3.15. The number of pyridine rings is 1. The third-order valence-corrected chi connectivity index (χ3v) is 4.70. The Morgan fingerprint density at radius 1 is 1.35 bits per heavy atom. The van der Waals surface area contributed by atoms with E-state index in [1.54, 1.807) is 31.6 Å². The number of methoxy groups -OCH3 is 1. The van der Waals surface area contributed by atoms with Gasteiger partial charge in [0.1, 0.15) is 18.0 Å². The summed E-state index contributed by atoms with van der Waals surface area (Å²) in [5, 5.41) is 11.2. The van der Waals surface area contributed by atoms with Gasteiger partial charge in [0.15, 0.2) is 0 Å². The third-order valence-electron chi connectivity index (χ3n) is 4.70. The SMILES string of the molecule is COc1ccnc(-c2cn(CC(=O)NC3CCN(C(C)C)CC3)nn2)c1. The molecule has 26 heavy (non-hydrogen) atoms. The highest BCUT2D eigenvalue weighted by Gasteiger charge is 2.22. The van der Waals surface area contributed by atoms with Crippen LogP contribution in [-0.4, -0.2) is 63.1 Å². The fourth-order valence-corrected chi connectivity index (χ4v) is 3.15. The van der Waals surface area contributed by atoms with Crippen LogP contribution in [0.25, 0.3) is 11.4 Å². The number of hydrogen-bond donors (Lipinski definition) is 1. The molecule has 1 saturated heterocycles. The minimum atomic E-state index is -0.0388. The van der Waals surface area contributed by atoms with Crippen LogP contribution in [0.2, 0.25) is 0 Å². The van der Waals surface area contributed by atoms with Crippen molar-refractivity contribution in [3.8, 4) is 17.1 Å². The Kier molecular flexibility index (Phi) is 5.82. The van der Waals surface area contributed by atoms with Gasteiger partial charge in [-0.2, -0.15) is 0 Å². The monoisotopic (exact) mass is 358 g/mol. The summed E-state index contributed by atoms with van der Waals surface area (Å²) >= 11 is 0. The second-order valence-electron chi connectivity index (χ2n) is 6.85. The molecule has 3 heterocycles. The summed E-state index contributed by atoms with van der Waals surface area (Å²) in [6.07, 6.45) is 5.35. The first-order valence-corrected chi connectivity index (χ1v) is 8.99. The van der Waals surface area contributed by atoms with E-state index in [1.165, 1.54) is 4.68 Å². The largest absolute Gasteiger partial charge is 0.497 e. The molecule has 0 saturated carbocycles. The molecule has 0 spiro atoms. The summed E-state index contributed by atoms with van der Waals surface area (Å²) in [4.78, 5) is 19.0. The summed E-state index contributed by atoms with van der Waals surface area (Å²) in [7, 11) is 1.60. The number of rotatable bonds is 6. The van der Waals surface area contributed by atoms with E-state index in [2.05, 4.69) is 39.4 Å². The first kappa shape index (κ1) is 18.3. The molecule has 2 aromatic heterocycles. The van der Waals surface area contributed by atoms with Gasteiger partial charge >= 0.3 is 0 Å². The van der Waals surface area contributed by atoms with Gasteiger partial charge in [-0.25, -0.2) is 4.68 Å². The van der Waals surface area contributed by atoms with Crippen LogP contribution in [0.15, 0.2) is 24.5 Å². The number of carbonyl (C=O) groups is 1. The Morgan fingerprint density at radius 2 is 2.12 bits per heavy atom. The molecule has 0 aromatic carbocycles. The molecule has 1 amide bonds. The highest BCUT2D eigenvalue weighted by Crippen LogP contribution is 2.18. The minimum Gasteiger partial charge on any atom is -0.497 e. The van der Waals surface area contributed by atoms with Gasteiger partial charge in [0, 0.05) is 37.4 Å². The second kappa shape index (κ2) is 8.27. The molecule has 0 bridgehead atoms. The van der Waals surface area contributed by atoms with Crippen molar-refractivity contribution < 1.29 is 9.53 Å². The number of nitrogens with zero attached hydrogens (tertiary/aromatic N) is 5. The van der Waals surface area contributed by atoms with Crippen molar-refractivity contribution >= 4 is 5.91 Å². The van der Waals surface area contributed by atoms with Crippen LogP contribution in [-0.2, 0) is 11.3 Å². The number of amides is 1. The Morgan fingerprint density at radius 3 is 2.81 bits per heavy atom. The standard InChI is InChI=1S/C18H26N6O2/c1-13(2)23-8-5-14(6-9-23)20-18(25)12-24-11-17(21-22-24)16-10-15(26-3)4-7-19-16/h4,7,10-11,13-14H,5-6,8-9,12H2,1-3H3,(H,20,25). The maximum atomic E-state index is 12.3. The van der Waals surface area contributed by atoms with Crippen LogP contribution in [0.1, 0.15) is 26.7 Å². The second-order valence-corrected chi connectivity index (χ2v) is 6.85. The molecule has 1 fully saturated rings. The predicted molar refractivity (Wildman–Crippen MR) is 97.7 cm³/mol. The van der Waals surface area contributed by atoms with E-state index in [1.807, 2.05) is 0 Å². The van der Waals surface area contributed by atoms with E-state index in [-0.39, 0.29) is 18.5 Å². The van der Waals surface area contributed by atoms with Crippen molar-refractivity contribution in [3.63, 3.8) is 0 Å². The van der Waals surface area contributed by atoms with Gasteiger partial charge in [0.2, 0.25) is 5.91 Å². The van der Waals surface area contributed by atoms with E-state index in [0.717, 1.165) is 25.9 Å². The number of piperidine rings is 1. The smallest absolute Gasteiger partial charge is 0.242 e. The fraction of sp³-hybridized carbons (Fsp3) is 0.556. The zero-order valence-electron chi connectivity index (χ0n) is 15.6. The average molecular weight is 358 g/mol. The van der Waals surface area contributed by atoms with Gasteiger partial charge in [-0.05, 0) is 32.8 Å². The third kappa shape index (κ3) is 4.57. The molecular weight excluding hydrogens is 332 g/mol. The van der Waals surface area contributed by atoms with Crippen molar-refractivity contribution in [3.05, 3.63) is 24.5 Å². The minimum absolute atomic E-state index is 0.0388. The van der Waals surface area contributed by atoms with Gasteiger partial charge in [-0.1, -0.05) is 5.21 Å². The van der Waals surface area contributed by atoms with Crippen molar-refractivity contribution in [1.29, 1.82) is 0 Å². The number of likely N-dealkylation sites (tertiary alicyclic amines) is 1. The normalized spacial score (nSPS) is 16.0. The van der Waals surface area contributed by atoms with Crippen LogP contribution in [0.3, 0.4) is 0 Å². The maximum Gasteiger partial charge on any atom is 0.242 e. The average Bonchev–Trinajstić information content (AvgIpc) is 3.10. The summed E-state index contributed by atoms with van der Waals surface area (Å²) in [5.74, 6) is 0.665. The number of aromatic nitrogens is 4. The summed E-state index contributed by atoms with van der Waals surface area (Å²) < 4.78 is 6.73. The lowest BCUT2D eigenvalue weighted by Crippen LogP contribution is -2.47. The van der Waals surface area contributed by atoms with Crippen LogP contribution < -0.4 is 10.1 Å². The maximum absolute atomic E-state index is 12.3. The molecule has 8 heteroatoms. The van der Waals surface area contributed by atoms with E-state index in [9.17, 15) is 4.79 Å². The van der Waals surface area contributed by atoms with Crippen LogP contribution >= 0.6 is 0 Å². The van der Waals surface area contributed by atoms with E-state index < -0.39 is 0 Å². The molecule has 0 aliphatic carbocycles. The Hall–Kier alpha value is -2.48. The van der Waals surface area contributed by atoms with Gasteiger partial charge in [-0.15, -0.1) is 5.10 Å². The Labute approximate surface area is 153 Å². The molecule has 1 aliphatic rings. The summed E-state index contributed by atoms with van der Waals surface area (Å²) in [5.41, 5.74) is 1.28. The Bertz CT molecular complexity index is 737. The number of hydrogen-bond acceptors (Lipinski definition) is 6. The van der Waals surface area contributed by atoms with Crippen molar-refractivity contribution in [2.75, 3.05) is 20.2 Å². The first-order valence-electron chi connectivity index (χ1n) is 8.99. The van der Waals surface area contributed by atoms with E-state index >= 15 is 0 Å². The molecule has 0 atom stereocenters. The first-order chi connectivity index (χ1) is 12.5. The molecule has 0 unspecified atom stereocenters. The molecule has 140 valence electrons. The van der Waals surface area contributed by atoms with Crippen molar-refractivity contribution in [1.82, 2.24) is 30.2 Å². The highest BCUT2D eigenvalue weighted by molar-refractivity contribution is 5.76. The predicted octanol–water partition coefficient (Wildman–Crippen LogP) is 1.34. The molecule has 1 aliphatic heterocycles. The number of nitrogens with one attached hydrogen (secondary N) is 1. The topological polar surface area (TPSA) is 85.2 Å². The zero-order chi connectivity index (χ0) is 18.5. The molecule has 3 rings (SSSR count). The molecule has 2 aromatic rings. The molecule has 8 nitrogen and oxygen atoms in total. The van der Waals surface area contributed by atoms with E-state index in [4.69, 9.17) is 4.74 Å². The lowest BCUT2D eigenvalue weighted by Gasteiger charge is -2.34.